The molecular formula is C7H8Cl2FZn. The van der Waals surface area contributed by atoms with Crippen molar-refractivity contribution in [1.29, 1.82) is 0 Å². The van der Waals surface area contributed by atoms with E-state index in [0.717, 1.165) is 5.56 Å². The molecule has 0 radical (unpaired) electrons. The molecule has 0 saturated carbocycles. The Morgan fingerprint density at radius 1 is 1.27 bits per heavy atom. The Balaban J connectivity index is 0.000001000. The second-order valence-corrected chi connectivity index (χ2v) is 8.29. The summed E-state index contributed by atoms with van der Waals surface area (Å²) in [6.07, 6.45) is 0. The number of rotatable bonds is 2. The molecule has 0 nitrogen and oxygen atoms in total. The first-order valence-corrected chi connectivity index (χ1v) is 10.4. The summed E-state index contributed by atoms with van der Waals surface area (Å²) in [5.74, 6) is 0. The molecule has 0 unspecified atom stereocenters. The molecule has 11 heavy (non-hydrogen) atoms. The summed E-state index contributed by atoms with van der Waals surface area (Å²) in [5, 5.41) is 0.502. The molecule has 1 aromatic rings. The van der Waals surface area contributed by atoms with Crippen LogP contribution in [0.4, 0.5) is 3.32 Å². The Labute approximate surface area is 81.7 Å². The van der Waals surface area contributed by atoms with Crippen LogP contribution in [0.3, 0.4) is 0 Å². The van der Waals surface area contributed by atoms with E-state index in [1.54, 1.807) is 0 Å². The standard InChI is InChI=1S/C7H7.2ClH.FH.Zn/c1-7-5-3-2-4-6-7;;;;/h2-6H,1H2;3*1H;/q;;;;+2/p-2. The fourth-order valence-corrected chi connectivity index (χ4v) is 3.61. The van der Waals surface area contributed by atoms with Gasteiger partial charge in [-0.25, -0.2) is 0 Å². The zero-order valence-corrected chi connectivity index (χ0v) is 10.5. The van der Waals surface area contributed by atoms with Crippen LogP contribution in [0.5, 0.6) is 0 Å². The fraction of sp³-hybridized carbons (Fsp3) is 0.143. The van der Waals surface area contributed by atoms with Gasteiger partial charge in [-0.3, -0.25) is 0 Å². The normalized spacial score (nSPS) is 8.55. The van der Waals surface area contributed by atoms with E-state index < -0.39 is 15.5 Å². The zero-order chi connectivity index (χ0) is 7.40. The number of halogens is 3. The van der Waals surface area contributed by atoms with Gasteiger partial charge in [0.2, 0.25) is 0 Å². The molecule has 0 heterocycles. The minimum absolute atomic E-state index is 0. The average molecular weight is 247 g/mol. The molecule has 0 aliphatic heterocycles. The fourth-order valence-electron chi connectivity index (χ4n) is 0.863. The second-order valence-electron chi connectivity index (χ2n) is 2.21. The van der Waals surface area contributed by atoms with E-state index in [2.05, 4.69) is 0 Å². The van der Waals surface area contributed by atoms with Crippen molar-refractivity contribution in [2.24, 2.45) is 0 Å². The topological polar surface area (TPSA) is 0 Å². The molecule has 0 bridgehead atoms. The van der Waals surface area contributed by atoms with Crippen molar-refractivity contribution in [2.45, 2.75) is 5.02 Å². The maximum absolute atomic E-state index is 12.4. The van der Waals surface area contributed by atoms with Gasteiger partial charge in [0.1, 0.15) is 0 Å². The molecule has 0 saturated heterocycles. The SMILES string of the molecule is Cl.[F][Zn]([Cl])[CH2]c1ccccc1. The van der Waals surface area contributed by atoms with Gasteiger partial charge < -0.3 is 0 Å². The van der Waals surface area contributed by atoms with Crippen molar-refractivity contribution >= 4 is 22.1 Å². The van der Waals surface area contributed by atoms with Crippen molar-refractivity contribution in [3.8, 4) is 0 Å². The van der Waals surface area contributed by atoms with Crippen LogP contribution in [0.25, 0.3) is 0 Å². The van der Waals surface area contributed by atoms with Crippen LogP contribution in [0.15, 0.2) is 30.3 Å². The summed E-state index contributed by atoms with van der Waals surface area (Å²) in [6, 6.07) is 9.54. The molecule has 0 spiro atoms. The molecule has 0 aliphatic rings. The van der Waals surface area contributed by atoms with Crippen molar-refractivity contribution in [1.82, 2.24) is 0 Å². The molecule has 0 aliphatic carbocycles. The van der Waals surface area contributed by atoms with Gasteiger partial charge in [0, 0.05) is 0 Å². The number of hydrogen-bond donors (Lipinski definition) is 0. The Morgan fingerprint density at radius 3 is 2.27 bits per heavy atom. The number of hydrogen-bond acceptors (Lipinski definition) is 0. The van der Waals surface area contributed by atoms with Gasteiger partial charge in [-0.15, -0.1) is 12.4 Å². The van der Waals surface area contributed by atoms with Gasteiger partial charge in [-0.05, 0) is 0 Å². The molecule has 0 aromatic heterocycles. The Bertz CT molecular complexity index is 191. The van der Waals surface area contributed by atoms with E-state index in [1.807, 2.05) is 30.3 Å². The quantitative estimate of drug-likeness (QED) is 0.704. The molecular weight excluding hydrogens is 239 g/mol. The van der Waals surface area contributed by atoms with Gasteiger partial charge in [0.15, 0.2) is 0 Å². The Kier molecular flexibility index (Phi) is 6.13. The molecule has 0 N–H and O–H groups in total. The Hall–Kier alpha value is 0.353. The monoisotopic (exact) mass is 245 g/mol. The summed E-state index contributed by atoms with van der Waals surface area (Å²) in [7, 11) is 5.35. The molecule has 4 heteroatoms. The predicted octanol–water partition coefficient (Wildman–Crippen LogP) is 3.26. The Morgan fingerprint density at radius 2 is 1.82 bits per heavy atom. The first-order valence-electron chi connectivity index (χ1n) is 3.30. The van der Waals surface area contributed by atoms with Crippen LogP contribution in [-0.2, 0) is 20.5 Å². The summed E-state index contributed by atoms with van der Waals surface area (Å²) in [4.78, 5) is 0. The summed E-state index contributed by atoms with van der Waals surface area (Å²) < 4.78 is 12.4. The van der Waals surface area contributed by atoms with Crippen molar-refractivity contribution < 1.29 is 18.8 Å². The summed E-state index contributed by atoms with van der Waals surface area (Å²) in [6.45, 7) is 0. The zero-order valence-electron chi connectivity index (χ0n) is 5.97. The van der Waals surface area contributed by atoms with E-state index in [9.17, 15) is 3.32 Å². The van der Waals surface area contributed by atoms with Crippen LogP contribution in [0, 0.1) is 0 Å². The van der Waals surface area contributed by atoms with Gasteiger partial charge in [0.25, 0.3) is 0 Å². The van der Waals surface area contributed by atoms with Crippen LogP contribution in [-0.4, -0.2) is 0 Å². The first-order chi connectivity index (χ1) is 4.79. The molecule has 0 amide bonds. The average Bonchev–Trinajstić information content (AvgIpc) is 1.88. The molecule has 0 fully saturated rings. The van der Waals surface area contributed by atoms with E-state index >= 15 is 0 Å². The van der Waals surface area contributed by atoms with Gasteiger partial charge in [-0.1, -0.05) is 0 Å². The van der Waals surface area contributed by atoms with Crippen LogP contribution < -0.4 is 0 Å². The molecule has 1 rings (SSSR count). The summed E-state index contributed by atoms with van der Waals surface area (Å²) in [5.41, 5.74) is 1.03. The van der Waals surface area contributed by atoms with E-state index in [1.165, 1.54) is 0 Å². The minimum atomic E-state index is -3.01. The molecule has 1 aromatic carbocycles. The van der Waals surface area contributed by atoms with Crippen LogP contribution in [0.1, 0.15) is 5.56 Å². The van der Waals surface area contributed by atoms with Crippen LogP contribution >= 0.6 is 22.1 Å². The van der Waals surface area contributed by atoms with Gasteiger partial charge >= 0.3 is 69.4 Å². The second kappa shape index (κ2) is 5.94. The third-order valence-electron chi connectivity index (χ3n) is 1.32. The van der Waals surface area contributed by atoms with E-state index in [-0.39, 0.29) is 12.4 Å². The molecule has 0 atom stereocenters. The molecule has 59 valence electrons. The van der Waals surface area contributed by atoms with Crippen molar-refractivity contribution in [3.05, 3.63) is 35.9 Å². The van der Waals surface area contributed by atoms with Crippen LogP contribution in [0.2, 0.25) is 0 Å². The maximum atomic E-state index is 12.4. The number of benzene rings is 1. The van der Waals surface area contributed by atoms with Gasteiger partial charge in [-0.2, -0.15) is 0 Å². The van der Waals surface area contributed by atoms with Gasteiger partial charge in [0.05, 0.1) is 0 Å². The van der Waals surface area contributed by atoms with Crippen molar-refractivity contribution in [2.75, 3.05) is 0 Å². The third kappa shape index (κ3) is 4.73. The van der Waals surface area contributed by atoms with Crippen molar-refractivity contribution in [3.63, 3.8) is 0 Å². The van der Waals surface area contributed by atoms with E-state index in [4.69, 9.17) is 9.69 Å². The summed E-state index contributed by atoms with van der Waals surface area (Å²) >= 11 is -3.01. The van der Waals surface area contributed by atoms with E-state index in [0.29, 0.717) is 5.02 Å². The predicted molar refractivity (Wildman–Crippen MR) is 44.4 cm³/mol. The third-order valence-corrected chi connectivity index (χ3v) is 4.31. The first kappa shape index (κ1) is 11.4.